The fourth-order valence-corrected chi connectivity index (χ4v) is 2.66. The number of para-hydroxylation sites is 1. The summed E-state index contributed by atoms with van der Waals surface area (Å²) in [5.74, 6) is 0. The summed E-state index contributed by atoms with van der Waals surface area (Å²) in [6, 6.07) is 10.5. The van der Waals surface area contributed by atoms with Gasteiger partial charge in [0.15, 0.2) is 0 Å². The van der Waals surface area contributed by atoms with Crippen LogP contribution in [0.25, 0.3) is 0 Å². The summed E-state index contributed by atoms with van der Waals surface area (Å²) in [7, 11) is 2.11. The van der Waals surface area contributed by atoms with Gasteiger partial charge in [-0.15, -0.1) is 0 Å². The Morgan fingerprint density at radius 3 is 2.15 bits per heavy atom. The van der Waals surface area contributed by atoms with Crippen LogP contribution in [0, 0.1) is 0 Å². The van der Waals surface area contributed by atoms with E-state index in [4.69, 9.17) is 0 Å². The second kappa shape index (κ2) is 5.12. The van der Waals surface area contributed by atoms with Gasteiger partial charge in [-0.05, 0) is 26.0 Å². The maximum Gasteiger partial charge on any atom is 0.104 e. The zero-order valence-electron chi connectivity index (χ0n) is 12.3. The highest BCUT2D eigenvalue weighted by atomic mass is 15.5. The lowest BCUT2D eigenvalue weighted by Crippen LogP contribution is -2.44. The van der Waals surface area contributed by atoms with E-state index >= 15 is 0 Å². The second-order valence-corrected chi connectivity index (χ2v) is 5.44. The lowest BCUT2D eigenvalue weighted by Gasteiger charge is -2.35. The van der Waals surface area contributed by atoms with Gasteiger partial charge in [0.05, 0.1) is 12.8 Å². The van der Waals surface area contributed by atoms with Gasteiger partial charge in [0.25, 0.3) is 0 Å². The molecule has 4 nitrogen and oxygen atoms in total. The van der Waals surface area contributed by atoms with E-state index < -0.39 is 0 Å². The van der Waals surface area contributed by atoms with E-state index in [0.29, 0.717) is 12.3 Å². The normalized spacial score (nSPS) is 25.1. The molecule has 106 valence electrons. The van der Waals surface area contributed by atoms with Crippen LogP contribution in [0.2, 0.25) is 0 Å². The van der Waals surface area contributed by atoms with Crippen molar-refractivity contribution in [3.63, 3.8) is 0 Å². The molecule has 0 spiro atoms. The summed E-state index contributed by atoms with van der Waals surface area (Å²) < 4.78 is 0. The van der Waals surface area contributed by atoms with Gasteiger partial charge in [0.1, 0.15) is 6.17 Å². The monoisotopic (exact) mass is 270 g/mol. The molecular formula is C16H22N4. The smallest absolute Gasteiger partial charge is 0.104 e. The summed E-state index contributed by atoms with van der Waals surface area (Å²) in [6.45, 7) is 5.36. The van der Waals surface area contributed by atoms with Gasteiger partial charge < -0.3 is 19.6 Å². The molecule has 1 aromatic carbocycles. The number of hydrogen-bond donors (Lipinski definition) is 0. The minimum Gasteiger partial charge on any atom is -0.359 e. The minimum atomic E-state index is 0.337. The van der Waals surface area contributed by atoms with Gasteiger partial charge in [0.2, 0.25) is 0 Å². The third-order valence-electron chi connectivity index (χ3n) is 4.24. The maximum absolute atomic E-state index is 2.35. The van der Waals surface area contributed by atoms with Crippen molar-refractivity contribution in [3.05, 3.63) is 55.1 Å². The van der Waals surface area contributed by atoms with Crippen LogP contribution in [0.5, 0.6) is 0 Å². The van der Waals surface area contributed by atoms with E-state index in [2.05, 4.69) is 95.6 Å². The molecule has 0 saturated carbocycles. The molecule has 0 unspecified atom stereocenters. The summed E-state index contributed by atoms with van der Waals surface area (Å²) in [4.78, 5) is 9.22. The molecule has 0 bridgehead atoms. The molecule has 0 saturated heterocycles. The van der Waals surface area contributed by atoms with E-state index in [0.717, 1.165) is 6.67 Å². The van der Waals surface area contributed by atoms with E-state index in [1.807, 2.05) is 0 Å². The second-order valence-electron chi connectivity index (χ2n) is 5.44. The van der Waals surface area contributed by atoms with Gasteiger partial charge in [0, 0.05) is 37.5 Å². The first-order chi connectivity index (χ1) is 9.66. The Kier molecular flexibility index (Phi) is 3.30. The van der Waals surface area contributed by atoms with E-state index in [1.54, 1.807) is 0 Å². The molecule has 2 aliphatic heterocycles. The van der Waals surface area contributed by atoms with Gasteiger partial charge in [-0.25, -0.2) is 0 Å². The molecule has 0 radical (unpaired) electrons. The molecule has 2 atom stereocenters. The minimum absolute atomic E-state index is 0.337. The van der Waals surface area contributed by atoms with Crippen LogP contribution in [0.3, 0.4) is 0 Å². The van der Waals surface area contributed by atoms with Crippen LogP contribution in [-0.4, -0.2) is 40.7 Å². The third kappa shape index (κ3) is 2.22. The highest BCUT2D eigenvalue weighted by Crippen LogP contribution is 2.25. The van der Waals surface area contributed by atoms with Crippen LogP contribution in [0.1, 0.15) is 13.8 Å². The summed E-state index contributed by atoms with van der Waals surface area (Å²) >= 11 is 0. The maximum atomic E-state index is 2.35. The molecule has 0 fully saturated rings. The van der Waals surface area contributed by atoms with E-state index in [1.165, 1.54) is 5.69 Å². The third-order valence-corrected chi connectivity index (χ3v) is 4.24. The molecule has 20 heavy (non-hydrogen) atoms. The Morgan fingerprint density at radius 1 is 0.850 bits per heavy atom. The highest BCUT2D eigenvalue weighted by molar-refractivity contribution is 5.51. The van der Waals surface area contributed by atoms with Crippen LogP contribution < -0.4 is 4.90 Å². The number of hydrogen-bond acceptors (Lipinski definition) is 4. The quantitative estimate of drug-likeness (QED) is 0.837. The van der Waals surface area contributed by atoms with Gasteiger partial charge in [-0.3, -0.25) is 0 Å². The molecule has 4 heteroatoms. The first-order valence-electron chi connectivity index (χ1n) is 7.10. The molecule has 0 amide bonds. The van der Waals surface area contributed by atoms with Crippen molar-refractivity contribution in [2.45, 2.75) is 26.2 Å². The zero-order chi connectivity index (χ0) is 14.1. The van der Waals surface area contributed by atoms with E-state index in [-0.39, 0.29) is 0 Å². The SMILES string of the molecule is C[C@H]1N(C)C=CN1CN1C=CN(c2ccccc2)[C@H]1C. The van der Waals surface area contributed by atoms with Crippen molar-refractivity contribution in [3.8, 4) is 0 Å². The fraction of sp³-hybridized carbons (Fsp3) is 0.375. The number of nitrogens with zero attached hydrogens (tertiary/aromatic N) is 4. The molecular weight excluding hydrogens is 248 g/mol. The Balaban J connectivity index is 1.67. The zero-order valence-corrected chi connectivity index (χ0v) is 12.3. The van der Waals surface area contributed by atoms with Gasteiger partial charge in [-0.1, -0.05) is 18.2 Å². The Bertz CT molecular complexity index is 510. The summed E-state index contributed by atoms with van der Waals surface area (Å²) in [6.07, 6.45) is 9.39. The molecule has 0 aliphatic carbocycles. The molecule has 0 aromatic heterocycles. The average molecular weight is 270 g/mol. The van der Waals surface area contributed by atoms with Gasteiger partial charge >= 0.3 is 0 Å². The predicted molar refractivity (Wildman–Crippen MR) is 82.4 cm³/mol. The number of benzene rings is 1. The molecule has 2 aliphatic rings. The topological polar surface area (TPSA) is 13.0 Å². The lowest BCUT2D eigenvalue weighted by molar-refractivity contribution is 0.123. The van der Waals surface area contributed by atoms with Crippen molar-refractivity contribution < 1.29 is 0 Å². The fourth-order valence-electron chi connectivity index (χ4n) is 2.66. The first kappa shape index (κ1) is 12.9. The molecule has 2 heterocycles. The Hall–Kier alpha value is -2.10. The van der Waals surface area contributed by atoms with Gasteiger partial charge in [-0.2, -0.15) is 0 Å². The largest absolute Gasteiger partial charge is 0.359 e. The van der Waals surface area contributed by atoms with Crippen molar-refractivity contribution in [1.29, 1.82) is 0 Å². The molecule has 3 rings (SSSR count). The van der Waals surface area contributed by atoms with Crippen molar-refractivity contribution >= 4 is 5.69 Å². The van der Waals surface area contributed by atoms with Crippen molar-refractivity contribution in [1.82, 2.24) is 14.7 Å². The number of rotatable bonds is 3. The van der Waals surface area contributed by atoms with Crippen LogP contribution in [0.15, 0.2) is 55.1 Å². The molecule has 0 N–H and O–H groups in total. The summed E-state index contributed by atoms with van der Waals surface area (Å²) in [5, 5.41) is 0. The summed E-state index contributed by atoms with van der Waals surface area (Å²) in [5.41, 5.74) is 1.24. The van der Waals surface area contributed by atoms with Crippen LogP contribution in [0.4, 0.5) is 5.69 Å². The van der Waals surface area contributed by atoms with Crippen molar-refractivity contribution in [2.24, 2.45) is 0 Å². The average Bonchev–Trinajstić information content (AvgIpc) is 2.98. The van der Waals surface area contributed by atoms with Crippen molar-refractivity contribution in [2.75, 3.05) is 18.6 Å². The first-order valence-corrected chi connectivity index (χ1v) is 7.10. The lowest BCUT2D eigenvalue weighted by atomic mass is 10.3. The standard InChI is InChI=1S/C16H22N4/c1-14-17(3)9-10-18(14)13-19-11-12-20(15(19)2)16-7-5-4-6-8-16/h4-12,14-15H,13H2,1-3H3/t14-,15-/m0/s1. The Labute approximate surface area is 121 Å². The Morgan fingerprint density at radius 2 is 1.50 bits per heavy atom. The van der Waals surface area contributed by atoms with Crippen LogP contribution in [-0.2, 0) is 0 Å². The van der Waals surface area contributed by atoms with Crippen LogP contribution >= 0.6 is 0 Å². The highest BCUT2D eigenvalue weighted by Gasteiger charge is 2.27. The molecule has 1 aromatic rings. The number of anilines is 1. The van der Waals surface area contributed by atoms with E-state index in [9.17, 15) is 0 Å². The predicted octanol–water partition coefficient (Wildman–Crippen LogP) is 2.65.